The van der Waals surface area contributed by atoms with E-state index in [0.29, 0.717) is 30.6 Å². The fourth-order valence-electron chi connectivity index (χ4n) is 3.31. The van der Waals surface area contributed by atoms with Crippen LogP contribution in [0.5, 0.6) is 17.2 Å². The lowest BCUT2D eigenvalue weighted by Gasteiger charge is -2.28. The number of methoxy groups -OCH3 is 1. The minimum atomic E-state index is -0.162. The average Bonchev–Trinajstić information content (AvgIpc) is 2.81. The molecule has 2 aromatic carbocycles. The lowest BCUT2D eigenvalue weighted by atomic mass is 10.0. The third-order valence-corrected chi connectivity index (χ3v) is 5.09. The number of carbonyl (C=O) groups excluding carboxylic acids is 1. The van der Waals surface area contributed by atoms with Gasteiger partial charge in [0.25, 0.3) is 0 Å². The normalized spacial score (nSPS) is 16.2. The molecule has 1 aliphatic heterocycles. The molecule has 32 heavy (non-hydrogen) atoms. The summed E-state index contributed by atoms with van der Waals surface area (Å²) in [6, 6.07) is 15.5. The van der Waals surface area contributed by atoms with Crippen LogP contribution in [0.3, 0.4) is 0 Å². The van der Waals surface area contributed by atoms with Crippen LogP contribution >= 0.6 is 0 Å². The van der Waals surface area contributed by atoms with Gasteiger partial charge in [-0.25, -0.2) is 4.99 Å². The van der Waals surface area contributed by atoms with Crippen molar-refractivity contribution in [2.75, 3.05) is 40.9 Å². The number of likely N-dealkylation sites (N-methyl/N-ethyl adjacent to an activating group) is 1. The fourth-order valence-corrected chi connectivity index (χ4v) is 3.31. The minimum Gasteiger partial charge on any atom is -0.493 e. The van der Waals surface area contributed by atoms with Gasteiger partial charge in [-0.2, -0.15) is 0 Å². The first kappa shape index (κ1) is 23.2. The zero-order valence-electron chi connectivity index (χ0n) is 19.1. The maximum absolute atomic E-state index is 12.1. The van der Waals surface area contributed by atoms with Crippen molar-refractivity contribution in [1.82, 2.24) is 15.5 Å². The summed E-state index contributed by atoms with van der Waals surface area (Å²) in [6.07, 6.45) is 0.636. The Morgan fingerprint density at radius 1 is 1.19 bits per heavy atom. The number of benzene rings is 2. The van der Waals surface area contributed by atoms with Crippen molar-refractivity contribution in [3.05, 3.63) is 54.1 Å². The zero-order valence-corrected chi connectivity index (χ0v) is 19.1. The molecule has 2 N–H and O–H groups in total. The summed E-state index contributed by atoms with van der Waals surface area (Å²) in [6.45, 7) is 3.12. The van der Waals surface area contributed by atoms with Crippen LogP contribution in [0.2, 0.25) is 0 Å². The molecule has 1 aliphatic rings. The molecule has 172 valence electrons. The van der Waals surface area contributed by atoms with E-state index in [-0.39, 0.29) is 24.6 Å². The number of guanidine groups is 1. The van der Waals surface area contributed by atoms with Gasteiger partial charge >= 0.3 is 0 Å². The van der Waals surface area contributed by atoms with Crippen LogP contribution in [0.15, 0.2) is 53.5 Å². The van der Waals surface area contributed by atoms with E-state index in [9.17, 15) is 4.79 Å². The van der Waals surface area contributed by atoms with Gasteiger partial charge in [0.15, 0.2) is 17.5 Å². The Balaban J connectivity index is 1.68. The highest BCUT2D eigenvalue weighted by atomic mass is 16.5. The highest BCUT2D eigenvalue weighted by Gasteiger charge is 2.22. The van der Waals surface area contributed by atoms with Crippen LogP contribution in [0.25, 0.3) is 0 Å². The van der Waals surface area contributed by atoms with E-state index in [4.69, 9.17) is 14.2 Å². The van der Waals surface area contributed by atoms with Gasteiger partial charge in [-0.3, -0.25) is 4.79 Å². The number of fused-ring (bicyclic) bond motifs is 1. The topological polar surface area (TPSA) is 84.4 Å². The summed E-state index contributed by atoms with van der Waals surface area (Å²) in [5.41, 5.74) is 1.07. The number of ether oxygens (including phenoxy) is 3. The van der Waals surface area contributed by atoms with Crippen molar-refractivity contribution in [3.63, 3.8) is 0 Å². The number of hydrogen-bond acceptors (Lipinski definition) is 5. The molecule has 0 aliphatic carbocycles. The maximum Gasteiger partial charge on any atom is 0.243 e. The molecule has 0 radical (unpaired) electrons. The zero-order chi connectivity index (χ0) is 22.9. The standard InChI is InChI=1S/C24H32N4O4/c1-17(32-22-12-8-7-11-21(22)30-4)15-25-24(26-16-23(29)28(2)3)27-19-13-14-31-20-10-6-5-9-18(19)20/h5-12,17,19H,13-16H2,1-4H3,(H2,25,26,27). The summed E-state index contributed by atoms with van der Waals surface area (Å²) in [4.78, 5) is 18.1. The fraction of sp³-hybridized carbons (Fsp3) is 0.417. The Morgan fingerprint density at radius 3 is 2.66 bits per heavy atom. The number of amides is 1. The van der Waals surface area contributed by atoms with Crippen LogP contribution in [0.4, 0.5) is 0 Å². The SMILES string of the molecule is COc1ccccc1OC(C)CNC(=NCC(=O)N(C)C)NC1CCOc2ccccc21. The van der Waals surface area contributed by atoms with Gasteiger partial charge in [0.1, 0.15) is 18.4 Å². The smallest absolute Gasteiger partial charge is 0.243 e. The summed E-state index contributed by atoms with van der Waals surface area (Å²) in [7, 11) is 5.06. The molecular formula is C24H32N4O4. The van der Waals surface area contributed by atoms with Crippen molar-refractivity contribution in [2.45, 2.75) is 25.5 Å². The van der Waals surface area contributed by atoms with Crippen molar-refractivity contribution in [1.29, 1.82) is 0 Å². The highest BCUT2D eigenvalue weighted by molar-refractivity contribution is 5.85. The molecule has 1 heterocycles. The molecule has 0 bridgehead atoms. The number of nitrogens with one attached hydrogen (secondary N) is 2. The predicted octanol–water partition coefficient (Wildman–Crippen LogP) is 2.61. The predicted molar refractivity (Wildman–Crippen MR) is 125 cm³/mol. The molecule has 2 unspecified atom stereocenters. The monoisotopic (exact) mass is 440 g/mol. The second-order valence-electron chi connectivity index (χ2n) is 7.79. The van der Waals surface area contributed by atoms with E-state index in [1.54, 1.807) is 21.2 Å². The Kier molecular flexibility index (Phi) is 8.19. The Morgan fingerprint density at radius 2 is 1.91 bits per heavy atom. The first-order chi connectivity index (χ1) is 15.5. The van der Waals surface area contributed by atoms with Crippen molar-refractivity contribution in [3.8, 4) is 17.2 Å². The molecule has 8 heteroatoms. The molecular weight excluding hydrogens is 408 g/mol. The Bertz CT molecular complexity index is 932. The first-order valence-electron chi connectivity index (χ1n) is 10.7. The van der Waals surface area contributed by atoms with Crippen LogP contribution in [0, 0.1) is 0 Å². The maximum atomic E-state index is 12.1. The van der Waals surface area contributed by atoms with Gasteiger partial charge in [-0.1, -0.05) is 30.3 Å². The average molecular weight is 441 g/mol. The number of nitrogens with zero attached hydrogens (tertiary/aromatic N) is 2. The van der Waals surface area contributed by atoms with Crippen LogP contribution in [0.1, 0.15) is 24.9 Å². The van der Waals surface area contributed by atoms with Gasteiger partial charge in [-0.05, 0) is 25.1 Å². The Labute approximate surface area is 189 Å². The number of para-hydroxylation sites is 3. The third kappa shape index (κ3) is 6.29. The van der Waals surface area contributed by atoms with E-state index in [1.807, 2.05) is 55.5 Å². The van der Waals surface area contributed by atoms with Crippen LogP contribution in [-0.4, -0.2) is 63.8 Å². The second-order valence-corrected chi connectivity index (χ2v) is 7.79. The molecule has 3 rings (SSSR count). The largest absolute Gasteiger partial charge is 0.493 e. The van der Waals surface area contributed by atoms with Gasteiger partial charge in [0.2, 0.25) is 5.91 Å². The van der Waals surface area contributed by atoms with Gasteiger partial charge in [0, 0.05) is 26.1 Å². The summed E-state index contributed by atoms with van der Waals surface area (Å²) < 4.78 is 17.1. The Hall–Kier alpha value is -3.42. The lowest BCUT2D eigenvalue weighted by molar-refractivity contribution is -0.127. The summed E-state index contributed by atoms with van der Waals surface area (Å²) in [5.74, 6) is 2.71. The summed E-state index contributed by atoms with van der Waals surface area (Å²) >= 11 is 0. The van der Waals surface area contributed by atoms with Crippen molar-refractivity contribution >= 4 is 11.9 Å². The van der Waals surface area contributed by atoms with E-state index >= 15 is 0 Å². The molecule has 1 amide bonds. The molecule has 2 atom stereocenters. The molecule has 0 saturated carbocycles. The van der Waals surface area contributed by atoms with Crippen molar-refractivity contribution in [2.24, 2.45) is 4.99 Å². The van der Waals surface area contributed by atoms with Crippen LogP contribution in [-0.2, 0) is 4.79 Å². The van der Waals surface area contributed by atoms with E-state index in [1.165, 1.54) is 4.90 Å². The molecule has 0 spiro atoms. The van der Waals surface area contributed by atoms with Crippen LogP contribution < -0.4 is 24.8 Å². The van der Waals surface area contributed by atoms with E-state index in [2.05, 4.69) is 15.6 Å². The number of rotatable bonds is 8. The molecule has 0 fully saturated rings. The molecule has 0 saturated heterocycles. The van der Waals surface area contributed by atoms with E-state index < -0.39 is 0 Å². The molecule has 0 aromatic heterocycles. The van der Waals surface area contributed by atoms with E-state index in [0.717, 1.165) is 17.7 Å². The van der Waals surface area contributed by atoms with Gasteiger partial charge in [0.05, 0.1) is 26.3 Å². The van der Waals surface area contributed by atoms with Crippen molar-refractivity contribution < 1.29 is 19.0 Å². The lowest BCUT2D eigenvalue weighted by Crippen LogP contribution is -2.44. The number of carbonyl (C=O) groups is 1. The molecule has 2 aromatic rings. The highest BCUT2D eigenvalue weighted by Crippen LogP contribution is 2.31. The third-order valence-electron chi connectivity index (χ3n) is 5.09. The molecule has 8 nitrogen and oxygen atoms in total. The van der Waals surface area contributed by atoms with Gasteiger partial charge in [-0.15, -0.1) is 0 Å². The number of hydrogen-bond donors (Lipinski definition) is 2. The quantitative estimate of drug-likeness (QED) is 0.485. The summed E-state index contributed by atoms with van der Waals surface area (Å²) in [5, 5.41) is 6.77. The second kappa shape index (κ2) is 11.3. The first-order valence-corrected chi connectivity index (χ1v) is 10.7. The minimum absolute atomic E-state index is 0.0334. The number of aliphatic imine (C=N–C) groups is 1. The van der Waals surface area contributed by atoms with Gasteiger partial charge < -0.3 is 29.7 Å².